The van der Waals surface area contributed by atoms with Crippen molar-refractivity contribution in [2.45, 2.75) is 33.1 Å². The zero-order valence-corrected chi connectivity index (χ0v) is 21.7. The molecular weight excluding hydrogens is 480 g/mol. The van der Waals surface area contributed by atoms with Gasteiger partial charge in [-0.25, -0.2) is 4.68 Å². The van der Waals surface area contributed by atoms with Crippen molar-refractivity contribution in [3.05, 3.63) is 111 Å². The summed E-state index contributed by atoms with van der Waals surface area (Å²) in [6, 6.07) is 23.8. The zero-order valence-electron chi connectivity index (χ0n) is 21.7. The molecule has 0 spiro atoms. The van der Waals surface area contributed by atoms with E-state index in [-0.39, 0.29) is 5.56 Å². The van der Waals surface area contributed by atoms with E-state index in [1.165, 1.54) is 0 Å². The van der Waals surface area contributed by atoms with Gasteiger partial charge in [-0.15, -0.1) is 5.10 Å². The fourth-order valence-corrected chi connectivity index (χ4v) is 4.45. The number of aryl methyl sites for hydroxylation is 1. The maximum absolute atomic E-state index is 13.0. The molecule has 3 aromatic carbocycles. The highest BCUT2D eigenvalue weighted by molar-refractivity contribution is 5.79. The van der Waals surface area contributed by atoms with E-state index < -0.39 is 0 Å². The Hall–Kier alpha value is -4.50. The second kappa shape index (κ2) is 11.3. The molecule has 9 nitrogen and oxygen atoms in total. The third kappa shape index (κ3) is 5.90. The second-order valence-corrected chi connectivity index (χ2v) is 9.31. The summed E-state index contributed by atoms with van der Waals surface area (Å²) in [5, 5.41) is 13.5. The zero-order chi connectivity index (χ0) is 26.5. The predicted molar refractivity (Wildman–Crippen MR) is 145 cm³/mol. The van der Waals surface area contributed by atoms with Gasteiger partial charge in [-0.2, -0.15) is 0 Å². The summed E-state index contributed by atoms with van der Waals surface area (Å²) in [5.41, 5.74) is 4.71. The number of H-pyrrole nitrogens is 1. The van der Waals surface area contributed by atoms with Crippen molar-refractivity contribution in [2.24, 2.45) is 0 Å². The average Bonchev–Trinajstić information content (AvgIpc) is 3.36. The van der Waals surface area contributed by atoms with E-state index in [0.29, 0.717) is 37.6 Å². The van der Waals surface area contributed by atoms with Crippen LogP contribution in [0.4, 0.5) is 0 Å². The van der Waals surface area contributed by atoms with E-state index in [9.17, 15) is 4.79 Å². The van der Waals surface area contributed by atoms with Crippen molar-refractivity contribution >= 4 is 10.9 Å². The maximum atomic E-state index is 13.0. The van der Waals surface area contributed by atoms with Gasteiger partial charge in [0.15, 0.2) is 5.82 Å². The van der Waals surface area contributed by atoms with E-state index in [0.717, 1.165) is 39.1 Å². The van der Waals surface area contributed by atoms with Gasteiger partial charge in [0.25, 0.3) is 5.56 Å². The lowest BCUT2D eigenvalue weighted by Crippen LogP contribution is -2.28. The largest absolute Gasteiger partial charge is 0.497 e. The highest BCUT2D eigenvalue weighted by Crippen LogP contribution is 2.19. The summed E-state index contributed by atoms with van der Waals surface area (Å²) in [5.74, 6) is 2.31. The smallest absolute Gasteiger partial charge is 0.252 e. The number of benzene rings is 3. The Labute approximate surface area is 220 Å². The van der Waals surface area contributed by atoms with Crippen LogP contribution in [0.25, 0.3) is 10.9 Å². The van der Waals surface area contributed by atoms with Gasteiger partial charge in [0, 0.05) is 24.2 Å². The molecule has 0 amide bonds. The van der Waals surface area contributed by atoms with Crippen molar-refractivity contribution in [2.75, 3.05) is 14.2 Å². The minimum atomic E-state index is -0.0982. The van der Waals surface area contributed by atoms with E-state index >= 15 is 0 Å². The fraction of sp³-hybridized carbons (Fsp3) is 0.241. The van der Waals surface area contributed by atoms with Crippen molar-refractivity contribution < 1.29 is 9.47 Å². The van der Waals surface area contributed by atoms with E-state index in [2.05, 4.69) is 31.5 Å². The highest BCUT2D eigenvalue weighted by Gasteiger charge is 2.16. The predicted octanol–water partition coefficient (Wildman–Crippen LogP) is 4.09. The molecule has 0 fully saturated rings. The summed E-state index contributed by atoms with van der Waals surface area (Å²) < 4.78 is 12.4. The molecule has 38 heavy (non-hydrogen) atoms. The monoisotopic (exact) mass is 510 g/mol. The minimum absolute atomic E-state index is 0.0982. The lowest BCUT2D eigenvalue weighted by molar-refractivity contribution is 0.236. The second-order valence-electron chi connectivity index (χ2n) is 9.31. The number of rotatable bonds is 10. The molecule has 1 N–H and O–H groups in total. The van der Waals surface area contributed by atoms with Gasteiger partial charge < -0.3 is 14.5 Å². The Morgan fingerprint density at radius 1 is 0.842 bits per heavy atom. The molecule has 0 aliphatic heterocycles. The average molecular weight is 511 g/mol. The first-order valence-corrected chi connectivity index (χ1v) is 12.4. The van der Waals surface area contributed by atoms with Gasteiger partial charge in [-0.1, -0.05) is 35.9 Å². The van der Waals surface area contributed by atoms with Gasteiger partial charge in [-0.05, 0) is 76.3 Å². The molecule has 0 saturated heterocycles. The summed E-state index contributed by atoms with van der Waals surface area (Å²) in [6.07, 6.45) is 0. The molecule has 0 saturated carbocycles. The first kappa shape index (κ1) is 25.2. The van der Waals surface area contributed by atoms with Gasteiger partial charge in [-0.3, -0.25) is 9.69 Å². The number of ether oxygens (including phenoxy) is 2. The van der Waals surface area contributed by atoms with Gasteiger partial charge >= 0.3 is 0 Å². The van der Waals surface area contributed by atoms with Crippen LogP contribution in [0, 0.1) is 6.92 Å². The Bertz CT molecular complexity index is 1580. The highest BCUT2D eigenvalue weighted by atomic mass is 16.5. The number of methoxy groups -OCH3 is 2. The maximum Gasteiger partial charge on any atom is 0.252 e. The third-order valence-corrected chi connectivity index (χ3v) is 6.50. The van der Waals surface area contributed by atoms with Crippen LogP contribution in [0.5, 0.6) is 11.5 Å². The number of aromatic amines is 1. The Kier molecular flexibility index (Phi) is 7.46. The molecule has 0 unspecified atom stereocenters. The lowest BCUT2D eigenvalue weighted by Gasteiger charge is -2.22. The Morgan fingerprint density at radius 2 is 1.53 bits per heavy atom. The van der Waals surface area contributed by atoms with Gasteiger partial charge in [0.2, 0.25) is 0 Å². The normalized spacial score (nSPS) is 11.3. The molecule has 0 atom stereocenters. The first-order chi connectivity index (χ1) is 18.5. The van der Waals surface area contributed by atoms with Crippen LogP contribution in [0.2, 0.25) is 0 Å². The van der Waals surface area contributed by atoms with E-state index in [4.69, 9.17) is 9.47 Å². The van der Waals surface area contributed by atoms with Gasteiger partial charge in [0.1, 0.15) is 11.5 Å². The molecule has 5 rings (SSSR count). The standard InChI is InChI=1S/C29H30N6O3/c1-20-4-13-27-23(14-20)15-24(29(36)30-27)18-34(16-21-5-9-25(37-2)10-6-21)19-28-31-32-33-35(28)17-22-7-11-26(38-3)12-8-22/h4-15H,16-19H2,1-3H3,(H,30,36). The van der Waals surface area contributed by atoms with Crippen LogP contribution in [-0.4, -0.2) is 44.3 Å². The molecular formula is C29H30N6O3. The molecule has 9 heteroatoms. The van der Waals surface area contributed by atoms with Crippen molar-refractivity contribution in [1.82, 2.24) is 30.1 Å². The molecule has 0 bridgehead atoms. The molecule has 194 valence electrons. The minimum Gasteiger partial charge on any atom is -0.497 e. The number of nitrogens with one attached hydrogen (secondary N) is 1. The number of hydrogen-bond donors (Lipinski definition) is 1. The van der Waals surface area contributed by atoms with Gasteiger partial charge in [0.05, 0.1) is 27.3 Å². The molecule has 0 aliphatic rings. The number of nitrogens with zero attached hydrogens (tertiary/aromatic N) is 5. The van der Waals surface area contributed by atoms with E-state index in [1.54, 1.807) is 18.9 Å². The van der Waals surface area contributed by atoms with Crippen LogP contribution in [0.1, 0.15) is 28.1 Å². The summed E-state index contributed by atoms with van der Waals surface area (Å²) in [7, 11) is 3.30. The summed E-state index contributed by atoms with van der Waals surface area (Å²) in [4.78, 5) is 18.2. The molecule has 2 heterocycles. The first-order valence-electron chi connectivity index (χ1n) is 12.4. The lowest BCUT2D eigenvalue weighted by atomic mass is 10.1. The molecule has 0 radical (unpaired) electrons. The Morgan fingerprint density at radius 3 is 2.21 bits per heavy atom. The third-order valence-electron chi connectivity index (χ3n) is 6.50. The SMILES string of the molecule is COc1ccc(CN(Cc2cc3cc(C)ccc3[nH]c2=O)Cc2nnnn2Cc2ccc(OC)cc2)cc1. The summed E-state index contributed by atoms with van der Waals surface area (Å²) >= 11 is 0. The topological polar surface area (TPSA) is 98.2 Å². The van der Waals surface area contributed by atoms with Crippen molar-refractivity contribution in [1.29, 1.82) is 0 Å². The number of tetrazole rings is 1. The Balaban J connectivity index is 1.42. The summed E-state index contributed by atoms with van der Waals surface area (Å²) in [6.45, 7) is 4.06. The molecule has 0 aliphatic carbocycles. The van der Waals surface area contributed by atoms with Crippen LogP contribution in [0.3, 0.4) is 0 Å². The molecule has 5 aromatic rings. The quantitative estimate of drug-likeness (QED) is 0.302. The van der Waals surface area contributed by atoms with Crippen LogP contribution in [0.15, 0.2) is 77.6 Å². The number of aromatic nitrogens is 5. The van der Waals surface area contributed by atoms with Crippen LogP contribution < -0.4 is 15.0 Å². The number of fused-ring (bicyclic) bond motifs is 1. The number of hydrogen-bond acceptors (Lipinski definition) is 7. The molecule has 2 aromatic heterocycles. The van der Waals surface area contributed by atoms with Crippen molar-refractivity contribution in [3.8, 4) is 11.5 Å². The number of pyridine rings is 1. The van der Waals surface area contributed by atoms with Crippen LogP contribution >= 0.6 is 0 Å². The van der Waals surface area contributed by atoms with Crippen molar-refractivity contribution in [3.63, 3.8) is 0 Å². The fourth-order valence-electron chi connectivity index (χ4n) is 4.45. The van der Waals surface area contributed by atoms with E-state index in [1.807, 2.05) is 73.7 Å². The van der Waals surface area contributed by atoms with Crippen LogP contribution in [-0.2, 0) is 26.2 Å².